The number of fused-ring (bicyclic) bond motifs is 1. The number of aromatic nitrogens is 1. The van der Waals surface area contributed by atoms with Gasteiger partial charge < -0.3 is 19.8 Å². The summed E-state index contributed by atoms with van der Waals surface area (Å²) >= 11 is 12.2. The second-order valence-corrected chi connectivity index (χ2v) is 11.7. The van der Waals surface area contributed by atoms with Crippen LogP contribution < -0.4 is 5.32 Å². The molecule has 1 heterocycles. The molecule has 0 aliphatic rings. The minimum atomic E-state index is -0.760. The van der Waals surface area contributed by atoms with Crippen LogP contribution in [0.2, 0.25) is 10.0 Å². The Labute approximate surface area is 234 Å². The predicted molar refractivity (Wildman–Crippen MR) is 153 cm³/mol. The zero-order valence-corrected chi connectivity index (χ0v) is 24.1. The van der Waals surface area contributed by atoms with Gasteiger partial charge in [0.05, 0.1) is 12.5 Å². The molecule has 3 unspecified atom stereocenters. The highest BCUT2D eigenvalue weighted by atomic mass is 35.5. The summed E-state index contributed by atoms with van der Waals surface area (Å²) in [5, 5.41) is 4.92. The van der Waals surface area contributed by atoms with Gasteiger partial charge in [-0.1, -0.05) is 48.3 Å². The van der Waals surface area contributed by atoms with Crippen LogP contribution in [0, 0.1) is 5.92 Å². The number of benzene rings is 2. The van der Waals surface area contributed by atoms with Crippen molar-refractivity contribution in [3.63, 3.8) is 0 Å². The Balaban J connectivity index is 1.98. The third-order valence-electron chi connectivity index (χ3n) is 6.58. The van der Waals surface area contributed by atoms with E-state index in [0.29, 0.717) is 32.9 Å². The van der Waals surface area contributed by atoms with Gasteiger partial charge in [-0.05, 0) is 82.7 Å². The molecule has 3 atom stereocenters. The summed E-state index contributed by atoms with van der Waals surface area (Å²) in [7, 11) is 0. The van der Waals surface area contributed by atoms with Gasteiger partial charge in [0, 0.05) is 38.0 Å². The van der Waals surface area contributed by atoms with Crippen molar-refractivity contribution >= 4 is 52.3 Å². The number of halogens is 2. The molecule has 0 aliphatic carbocycles. The van der Waals surface area contributed by atoms with E-state index in [1.54, 1.807) is 25.1 Å². The summed E-state index contributed by atoms with van der Waals surface area (Å²) < 4.78 is 5.31. The lowest BCUT2D eigenvalue weighted by molar-refractivity contribution is -0.124. The fourth-order valence-electron chi connectivity index (χ4n) is 4.70. The molecule has 0 bridgehead atoms. The maximum atomic E-state index is 13.7. The van der Waals surface area contributed by atoms with Crippen LogP contribution in [0.1, 0.15) is 87.3 Å². The Kier molecular flexibility index (Phi) is 10.0. The minimum Gasteiger partial charge on any atom is -0.461 e. The number of carbonyl (C=O) groups excluding carboxylic acids is 3. The molecule has 38 heavy (non-hydrogen) atoms. The van der Waals surface area contributed by atoms with Crippen molar-refractivity contribution in [2.45, 2.75) is 71.3 Å². The smallest absolute Gasteiger partial charge is 0.355 e. The summed E-state index contributed by atoms with van der Waals surface area (Å²) in [4.78, 5) is 42.1. The van der Waals surface area contributed by atoms with Crippen molar-refractivity contribution in [3.05, 3.63) is 69.3 Å². The minimum absolute atomic E-state index is 0.187. The van der Waals surface area contributed by atoms with Crippen LogP contribution in [-0.4, -0.2) is 35.3 Å². The number of aromatic amines is 1. The first kappa shape index (κ1) is 29.7. The van der Waals surface area contributed by atoms with E-state index in [9.17, 15) is 14.4 Å². The first-order valence-electron chi connectivity index (χ1n) is 12.9. The van der Waals surface area contributed by atoms with E-state index in [4.69, 9.17) is 27.9 Å². The lowest BCUT2D eigenvalue weighted by atomic mass is 9.83. The number of ether oxygens (including phenoxy) is 1. The summed E-state index contributed by atoms with van der Waals surface area (Å²) in [6, 6.07) is 12.9. The fourth-order valence-corrected chi connectivity index (χ4v) is 4.99. The predicted octanol–water partition coefficient (Wildman–Crippen LogP) is 7.44. The molecular weight excluding hydrogens is 523 g/mol. The number of rotatable bonds is 11. The van der Waals surface area contributed by atoms with E-state index < -0.39 is 23.3 Å². The van der Waals surface area contributed by atoms with Crippen LogP contribution in [0.4, 0.5) is 0 Å². The van der Waals surface area contributed by atoms with Crippen LogP contribution in [0.5, 0.6) is 0 Å². The topological polar surface area (TPSA) is 88.3 Å². The molecule has 0 spiro atoms. The van der Waals surface area contributed by atoms with E-state index in [1.165, 1.54) is 0 Å². The molecule has 1 aromatic heterocycles. The maximum absolute atomic E-state index is 13.7. The summed E-state index contributed by atoms with van der Waals surface area (Å²) in [5.41, 5.74) is 1.99. The Hall–Kier alpha value is -2.83. The number of aldehydes is 1. The van der Waals surface area contributed by atoms with Crippen LogP contribution in [-0.2, 0) is 14.3 Å². The van der Waals surface area contributed by atoms with Crippen LogP contribution >= 0.6 is 23.2 Å². The number of hydrogen-bond donors (Lipinski definition) is 2. The van der Waals surface area contributed by atoms with Crippen LogP contribution in [0.15, 0.2) is 42.5 Å². The molecule has 0 fully saturated rings. The molecule has 3 aromatic rings. The van der Waals surface area contributed by atoms with E-state index in [-0.39, 0.29) is 30.5 Å². The van der Waals surface area contributed by atoms with Gasteiger partial charge in [0.25, 0.3) is 0 Å². The largest absolute Gasteiger partial charge is 0.461 e. The average Bonchev–Trinajstić information content (AvgIpc) is 3.21. The van der Waals surface area contributed by atoms with Gasteiger partial charge in [-0.2, -0.15) is 0 Å². The number of carbonyl (C=O) groups is 3. The molecule has 204 valence electrons. The maximum Gasteiger partial charge on any atom is 0.355 e. The zero-order chi connectivity index (χ0) is 28.0. The van der Waals surface area contributed by atoms with E-state index in [0.717, 1.165) is 18.3 Å². The molecule has 8 heteroatoms. The molecule has 0 saturated heterocycles. The number of amides is 1. The van der Waals surface area contributed by atoms with Crippen molar-refractivity contribution in [1.29, 1.82) is 0 Å². The van der Waals surface area contributed by atoms with Gasteiger partial charge in [-0.15, -0.1) is 0 Å². The molecule has 2 N–H and O–H groups in total. The zero-order valence-electron chi connectivity index (χ0n) is 22.6. The van der Waals surface area contributed by atoms with Crippen LogP contribution in [0.25, 0.3) is 10.9 Å². The Morgan fingerprint density at radius 2 is 1.71 bits per heavy atom. The molecule has 3 rings (SSSR count). The monoisotopic (exact) mass is 558 g/mol. The van der Waals surface area contributed by atoms with Crippen molar-refractivity contribution in [2.75, 3.05) is 6.61 Å². The van der Waals surface area contributed by atoms with Gasteiger partial charge in [-0.3, -0.25) is 4.79 Å². The average molecular weight is 560 g/mol. The van der Waals surface area contributed by atoms with Crippen molar-refractivity contribution < 1.29 is 19.1 Å². The van der Waals surface area contributed by atoms with Crippen molar-refractivity contribution in [2.24, 2.45) is 5.92 Å². The number of H-pyrrole nitrogens is 1. The normalized spacial score (nSPS) is 14.1. The highest BCUT2D eigenvalue weighted by molar-refractivity contribution is 6.31. The Morgan fingerprint density at radius 1 is 1.05 bits per heavy atom. The van der Waals surface area contributed by atoms with E-state index in [2.05, 4.69) is 17.2 Å². The van der Waals surface area contributed by atoms with Gasteiger partial charge in [-0.25, -0.2) is 4.79 Å². The first-order valence-corrected chi connectivity index (χ1v) is 13.7. The summed E-state index contributed by atoms with van der Waals surface area (Å²) in [6.07, 6.45) is 2.52. The Morgan fingerprint density at radius 3 is 2.32 bits per heavy atom. The SMILES string of the molecule is CCOC(=O)c1[nH]c2cc(Cl)ccc2c1C(CC(C=O)CCC(C)c1ccc(Cl)cc1)C(=O)NC(C)(C)C. The molecule has 6 nitrogen and oxygen atoms in total. The highest BCUT2D eigenvalue weighted by Crippen LogP contribution is 2.37. The van der Waals surface area contributed by atoms with Gasteiger partial charge in [0.2, 0.25) is 5.91 Å². The van der Waals surface area contributed by atoms with Gasteiger partial charge in [0.1, 0.15) is 12.0 Å². The molecule has 2 aromatic carbocycles. The highest BCUT2D eigenvalue weighted by Gasteiger charge is 2.34. The molecule has 0 aliphatic heterocycles. The second-order valence-electron chi connectivity index (χ2n) is 10.8. The van der Waals surface area contributed by atoms with Crippen molar-refractivity contribution in [1.82, 2.24) is 10.3 Å². The lowest BCUT2D eigenvalue weighted by Gasteiger charge is -2.27. The molecule has 0 saturated carbocycles. The number of hydrogen-bond acceptors (Lipinski definition) is 4. The quantitative estimate of drug-likeness (QED) is 0.189. The van der Waals surface area contributed by atoms with Gasteiger partial charge >= 0.3 is 5.97 Å². The second kappa shape index (κ2) is 12.8. The van der Waals surface area contributed by atoms with E-state index >= 15 is 0 Å². The summed E-state index contributed by atoms with van der Waals surface area (Å²) in [6.45, 7) is 9.71. The standard InChI is InChI=1S/C30H36Cl2N2O4/c1-6-38-29(37)27-26(23-14-13-22(32)16-25(23)33-27)24(28(36)34-30(3,4)5)15-19(17-35)8-7-18(2)20-9-11-21(31)12-10-20/h9-14,16-19,24,33H,6-8,15H2,1-5H3,(H,34,36). The van der Waals surface area contributed by atoms with Crippen molar-refractivity contribution in [3.8, 4) is 0 Å². The van der Waals surface area contributed by atoms with E-state index in [1.807, 2.05) is 45.0 Å². The third-order valence-corrected chi connectivity index (χ3v) is 7.07. The summed E-state index contributed by atoms with van der Waals surface area (Å²) in [5.74, 6) is -1.75. The first-order chi connectivity index (χ1) is 17.9. The third kappa shape index (κ3) is 7.61. The number of esters is 1. The molecule has 1 amide bonds. The van der Waals surface area contributed by atoms with Gasteiger partial charge in [0.15, 0.2) is 0 Å². The fraction of sp³-hybridized carbons (Fsp3) is 0.433. The Bertz CT molecular complexity index is 1280. The lowest BCUT2D eigenvalue weighted by Crippen LogP contribution is -2.43. The van der Waals surface area contributed by atoms with Crippen LogP contribution in [0.3, 0.4) is 0 Å². The molecule has 0 radical (unpaired) electrons. The number of nitrogens with one attached hydrogen (secondary N) is 2. The molecular formula is C30H36Cl2N2O4.